The SMILES string of the molecule is O=C(O)c1sccc1S(=O)(=O)NCCCOCCO. The van der Waals surface area contributed by atoms with Gasteiger partial charge in [-0.05, 0) is 17.9 Å². The van der Waals surface area contributed by atoms with E-state index in [1.165, 1.54) is 11.4 Å². The maximum absolute atomic E-state index is 11.9. The second-order valence-electron chi connectivity index (χ2n) is 3.51. The lowest BCUT2D eigenvalue weighted by Crippen LogP contribution is -2.26. The molecule has 0 bridgehead atoms. The number of hydrogen-bond donors (Lipinski definition) is 3. The molecule has 7 nitrogen and oxygen atoms in total. The van der Waals surface area contributed by atoms with Gasteiger partial charge in [0.2, 0.25) is 10.0 Å². The zero-order valence-electron chi connectivity index (χ0n) is 10.0. The van der Waals surface area contributed by atoms with Crippen LogP contribution in [-0.4, -0.2) is 51.0 Å². The molecule has 1 rings (SSSR count). The Morgan fingerprint density at radius 1 is 1.42 bits per heavy atom. The van der Waals surface area contributed by atoms with Crippen LogP contribution in [0.1, 0.15) is 16.1 Å². The van der Waals surface area contributed by atoms with Gasteiger partial charge in [0.1, 0.15) is 9.77 Å². The highest BCUT2D eigenvalue weighted by molar-refractivity contribution is 7.89. The Morgan fingerprint density at radius 2 is 2.16 bits per heavy atom. The van der Waals surface area contributed by atoms with Gasteiger partial charge in [-0.3, -0.25) is 0 Å². The van der Waals surface area contributed by atoms with E-state index in [1.807, 2.05) is 0 Å². The van der Waals surface area contributed by atoms with Crippen LogP contribution in [0.2, 0.25) is 0 Å². The number of aliphatic hydroxyl groups excluding tert-OH is 1. The van der Waals surface area contributed by atoms with Crippen molar-refractivity contribution in [3.05, 3.63) is 16.3 Å². The maximum Gasteiger partial charge on any atom is 0.347 e. The predicted octanol–water partition coefficient (Wildman–Crippen LogP) is 0.124. The lowest BCUT2D eigenvalue weighted by Gasteiger charge is -2.06. The lowest BCUT2D eigenvalue weighted by molar-refractivity contribution is 0.0698. The zero-order valence-corrected chi connectivity index (χ0v) is 11.7. The summed E-state index contributed by atoms with van der Waals surface area (Å²) >= 11 is 0.864. The van der Waals surface area contributed by atoms with E-state index < -0.39 is 16.0 Å². The van der Waals surface area contributed by atoms with Gasteiger partial charge in [-0.15, -0.1) is 11.3 Å². The number of rotatable bonds is 9. The Bertz CT molecular complexity index is 510. The van der Waals surface area contributed by atoms with Crippen LogP contribution in [0, 0.1) is 0 Å². The maximum atomic E-state index is 11.9. The summed E-state index contributed by atoms with van der Waals surface area (Å²) in [5.41, 5.74) is 0. The average Bonchev–Trinajstić information content (AvgIpc) is 2.83. The number of aliphatic hydroxyl groups is 1. The molecule has 0 aromatic carbocycles. The van der Waals surface area contributed by atoms with E-state index in [9.17, 15) is 13.2 Å². The molecule has 0 amide bonds. The summed E-state index contributed by atoms with van der Waals surface area (Å²) in [6, 6.07) is 1.26. The molecule has 0 radical (unpaired) electrons. The molecule has 0 aliphatic carbocycles. The van der Waals surface area contributed by atoms with E-state index in [2.05, 4.69) is 4.72 Å². The zero-order chi connectivity index (χ0) is 14.3. The number of aromatic carboxylic acids is 1. The molecular formula is C10H15NO6S2. The largest absolute Gasteiger partial charge is 0.477 e. The van der Waals surface area contributed by atoms with Crippen molar-refractivity contribution in [2.75, 3.05) is 26.4 Å². The van der Waals surface area contributed by atoms with E-state index in [4.69, 9.17) is 14.9 Å². The average molecular weight is 309 g/mol. The van der Waals surface area contributed by atoms with Crippen LogP contribution in [0.4, 0.5) is 0 Å². The summed E-state index contributed by atoms with van der Waals surface area (Å²) in [4.78, 5) is 10.4. The van der Waals surface area contributed by atoms with Crippen molar-refractivity contribution < 1.29 is 28.2 Å². The first kappa shape index (κ1) is 16.1. The number of thiophene rings is 1. The van der Waals surface area contributed by atoms with Gasteiger partial charge in [0.05, 0.1) is 13.2 Å². The first-order chi connectivity index (χ1) is 8.99. The Kier molecular flexibility index (Phi) is 6.38. The minimum absolute atomic E-state index is 0.0808. The topological polar surface area (TPSA) is 113 Å². The molecule has 0 saturated carbocycles. The van der Waals surface area contributed by atoms with Crippen molar-refractivity contribution in [3.8, 4) is 0 Å². The molecule has 108 valence electrons. The molecule has 0 fully saturated rings. The number of nitrogens with one attached hydrogen (secondary N) is 1. The van der Waals surface area contributed by atoms with Gasteiger partial charge >= 0.3 is 5.97 Å². The number of carboxylic acid groups (broad SMARTS) is 1. The van der Waals surface area contributed by atoms with Crippen LogP contribution >= 0.6 is 11.3 Å². The summed E-state index contributed by atoms with van der Waals surface area (Å²) < 4.78 is 31.0. The molecule has 0 aliphatic rings. The van der Waals surface area contributed by atoms with Gasteiger partial charge in [0.25, 0.3) is 0 Å². The molecule has 9 heteroatoms. The summed E-state index contributed by atoms with van der Waals surface area (Å²) in [5, 5.41) is 18.7. The normalized spacial score (nSPS) is 11.6. The van der Waals surface area contributed by atoms with Gasteiger partial charge < -0.3 is 14.9 Å². The van der Waals surface area contributed by atoms with Crippen LogP contribution in [0.3, 0.4) is 0 Å². The number of sulfonamides is 1. The van der Waals surface area contributed by atoms with Crippen molar-refractivity contribution in [3.63, 3.8) is 0 Å². The monoisotopic (exact) mass is 309 g/mol. The highest BCUT2D eigenvalue weighted by Gasteiger charge is 2.23. The molecule has 1 aromatic rings. The van der Waals surface area contributed by atoms with E-state index in [-0.39, 0.29) is 29.5 Å². The molecule has 0 spiro atoms. The molecule has 3 N–H and O–H groups in total. The van der Waals surface area contributed by atoms with Gasteiger partial charge in [0.15, 0.2) is 0 Å². The van der Waals surface area contributed by atoms with E-state index >= 15 is 0 Å². The van der Waals surface area contributed by atoms with Crippen molar-refractivity contribution >= 4 is 27.3 Å². The van der Waals surface area contributed by atoms with Gasteiger partial charge in [-0.2, -0.15) is 0 Å². The Labute approximate surface area is 114 Å². The molecule has 0 aliphatic heterocycles. The Balaban J connectivity index is 2.52. The number of carbonyl (C=O) groups is 1. The number of carboxylic acids is 1. The van der Waals surface area contributed by atoms with Crippen LogP contribution in [-0.2, 0) is 14.8 Å². The van der Waals surface area contributed by atoms with Crippen LogP contribution in [0.15, 0.2) is 16.3 Å². The third-order valence-electron chi connectivity index (χ3n) is 2.11. The minimum atomic E-state index is -3.81. The highest BCUT2D eigenvalue weighted by Crippen LogP contribution is 2.21. The Hall–Kier alpha value is -1.00. The van der Waals surface area contributed by atoms with Crippen molar-refractivity contribution in [1.29, 1.82) is 0 Å². The minimum Gasteiger partial charge on any atom is -0.477 e. The number of hydrogen-bond acceptors (Lipinski definition) is 6. The molecule has 0 atom stereocenters. The second kappa shape index (κ2) is 7.56. The van der Waals surface area contributed by atoms with Crippen LogP contribution in [0.25, 0.3) is 0 Å². The fourth-order valence-corrected chi connectivity index (χ4v) is 3.62. The standard InChI is InChI=1S/C10H15NO6S2/c12-4-6-17-5-1-3-11-19(15,16)8-2-7-18-9(8)10(13)14/h2,7,11-12H,1,3-6H2,(H,13,14). The van der Waals surface area contributed by atoms with Crippen molar-refractivity contribution in [2.24, 2.45) is 0 Å². The predicted molar refractivity (Wildman–Crippen MR) is 69.0 cm³/mol. The molecule has 19 heavy (non-hydrogen) atoms. The smallest absolute Gasteiger partial charge is 0.347 e. The summed E-state index contributed by atoms with van der Waals surface area (Å²) in [7, 11) is -3.81. The van der Waals surface area contributed by atoms with E-state index in [1.54, 1.807) is 0 Å². The summed E-state index contributed by atoms with van der Waals surface area (Å²) in [6.07, 6.45) is 0.436. The van der Waals surface area contributed by atoms with Crippen LogP contribution in [0.5, 0.6) is 0 Å². The van der Waals surface area contributed by atoms with Crippen molar-refractivity contribution in [2.45, 2.75) is 11.3 Å². The first-order valence-electron chi connectivity index (χ1n) is 5.48. The highest BCUT2D eigenvalue weighted by atomic mass is 32.2. The quantitative estimate of drug-likeness (QED) is 0.559. The van der Waals surface area contributed by atoms with E-state index in [0.29, 0.717) is 13.0 Å². The van der Waals surface area contributed by atoms with Crippen molar-refractivity contribution in [1.82, 2.24) is 4.72 Å². The fourth-order valence-electron chi connectivity index (χ4n) is 1.29. The summed E-state index contributed by atoms with van der Waals surface area (Å²) in [6.45, 7) is 0.588. The molecule has 1 heterocycles. The lowest BCUT2D eigenvalue weighted by atomic mass is 10.5. The fraction of sp³-hybridized carbons (Fsp3) is 0.500. The molecule has 0 saturated heterocycles. The molecule has 1 aromatic heterocycles. The number of ether oxygens (including phenoxy) is 1. The second-order valence-corrected chi connectivity index (χ2v) is 6.16. The van der Waals surface area contributed by atoms with Gasteiger partial charge in [0, 0.05) is 13.2 Å². The van der Waals surface area contributed by atoms with E-state index in [0.717, 1.165) is 11.3 Å². The molecule has 0 unspecified atom stereocenters. The van der Waals surface area contributed by atoms with Gasteiger partial charge in [-0.1, -0.05) is 0 Å². The van der Waals surface area contributed by atoms with Gasteiger partial charge in [-0.25, -0.2) is 17.9 Å². The third-order valence-corrected chi connectivity index (χ3v) is 4.64. The third kappa shape index (κ3) is 4.88. The first-order valence-corrected chi connectivity index (χ1v) is 7.84. The molecular weight excluding hydrogens is 294 g/mol. The Morgan fingerprint density at radius 3 is 2.79 bits per heavy atom. The summed E-state index contributed by atoms with van der Waals surface area (Å²) in [5.74, 6) is -1.26. The van der Waals surface area contributed by atoms with Crippen LogP contribution < -0.4 is 4.72 Å².